The molecule has 1 fully saturated rings. The Kier molecular flexibility index (Phi) is 3.15. The summed E-state index contributed by atoms with van der Waals surface area (Å²) in [6.07, 6.45) is 4.66. The molecule has 1 rings (SSSR count). The molecular formula is C8H13NOS. The van der Waals surface area contributed by atoms with Crippen LogP contribution >= 0.6 is 11.8 Å². The van der Waals surface area contributed by atoms with Crippen LogP contribution in [-0.4, -0.2) is 23.5 Å². The predicted molar refractivity (Wildman–Crippen MR) is 48.7 cm³/mol. The number of nitrogens with one attached hydrogen (secondary N) is 1. The van der Waals surface area contributed by atoms with Gasteiger partial charge in [-0.1, -0.05) is 6.08 Å². The molecule has 1 heterocycles. The van der Waals surface area contributed by atoms with Crippen LogP contribution in [0.2, 0.25) is 0 Å². The van der Waals surface area contributed by atoms with Gasteiger partial charge in [0.25, 0.3) is 0 Å². The van der Waals surface area contributed by atoms with Gasteiger partial charge < -0.3 is 4.79 Å². The van der Waals surface area contributed by atoms with Gasteiger partial charge in [-0.25, -0.2) is 0 Å². The van der Waals surface area contributed by atoms with E-state index in [0.29, 0.717) is 0 Å². The van der Waals surface area contributed by atoms with Gasteiger partial charge in [0.1, 0.15) is 4.87 Å². The first-order chi connectivity index (χ1) is 5.33. The lowest BCUT2D eigenvalue weighted by molar-refractivity contribution is -0.110. The van der Waals surface area contributed by atoms with Crippen LogP contribution in [0.25, 0.3) is 0 Å². The molecule has 1 N–H and O–H groups in total. The fraction of sp³-hybridized carbons (Fsp3) is 0.625. The summed E-state index contributed by atoms with van der Waals surface area (Å²) in [7, 11) is 0. The van der Waals surface area contributed by atoms with E-state index < -0.39 is 0 Å². The zero-order valence-electron chi connectivity index (χ0n) is 6.51. The summed E-state index contributed by atoms with van der Waals surface area (Å²) in [6.45, 7) is 4.58. The topological polar surface area (TPSA) is 29.1 Å². The highest BCUT2D eigenvalue weighted by Gasteiger charge is 2.30. The van der Waals surface area contributed by atoms with E-state index in [-0.39, 0.29) is 4.87 Å². The van der Waals surface area contributed by atoms with E-state index >= 15 is 0 Å². The average molecular weight is 171 g/mol. The number of carbonyl (C=O) groups excluding carboxylic acids is 1. The van der Waals surface area contributed by atoms with E-state index in [9.17, 15) is 4.79 Å². The number of rotatable bonds is 3. The second-order valence-corrected chi connectivity index (χ2v) is 4.05. The van der Waals surface area contributed by atoms with Crippen LogP contribution in [0, 0.1) is 0 Å². The molecule has 0 saturated carbocycles. The van der Waals surface area contributed by atoms with Crippen molar-refractivity contribution in [2.45, 2.75) is 17.7 Å². The lowest BCUT2D eigenvalue weighted by atomic mass is 10.2. The van der Waals surface area contributed by atoms with Crippen LogP contribution in [0.3, 0.4) is 0 Å². The minimum atomic E-state index is -0.361. The second-order valence-electron chi connectivity index (χ2n) is 2.63. The van der Waals surface area contributed by atoms with Crippen LogP contribution in [0.4, 0.5) is 0 Å². The molecular weight excluding hydrogens is 158 g/mol. The number of thioether (sulfide) groups is 1. The molecule has 0 aromatic rings. The minimum Gasteiger partial charge on any atom is -0.300 e. The third-order valence-electron chi connectivity index (χ3n) is 1.74. The Morgan fingerprint density at radius 2 is 2.55 bits per heavy atom. The summed E-state index contributed by atoms with van der Waals surface area (Å²) in [5, 5.41) is 3.21. The lowest BCUT2D eigenvalue weighted by Crippen LogP contribution is -2.47. The molecule has 0 spiro atoms. The first kappa shape index (κ1) is 8.81. The first-order valence-corrected chi connectivity index (χ1v) is 4.78. The molecule has 0 radical (unpaired) electrons. The third-order valence-corrected chi connectivity index (χ3v) is 3.16. The van der Waals surface area contributed by atoms with Gasteiger partial charge in [0.05, 0.1) is 0 Å². The van der Waals surface area contributed by atoms with Gasteiger partial charge in [0, 0.05) is 0 Å². The van der Waals surface area contributed by atoms with Gasteiger partial charge in [0.2, 0.25) is 0 Å². The van der Waals surface area contributed by atoms with E-state index in [1.807, 2.05) is 0 Å². The molecule has 3 heteroatoms. The Bertz CT molecular complexity index is 152. The fourth-order valence-corrected chi connectivity index (χ4v) is 2.31. The van der Waals surface area contributed by atoms with Gasteiger partial charge in [-0.2, -0.15) is 0 Å². The molecule has 0 bridgehead atoms. The fourth-order valence-electron chi connectivity index (χ4n) is 1.15. The van der Waals surface area contributed by atoms with Crippen LogP contribution in [-0.2, 0) is 4.79 Å². The van der Waals surface area contributed by atoms with Crippen molar-refractivity contribution < 1.29 is 4.79 Å². The van der Waals surface area contributed by atoms with E-state index in [1.165, 1.54) is 0 Å². The Labute approximate surface area is 71.4 Å². The minimum absolute atomic E-state index is 0.361. The van der Waals surface area contributed by atoms with Crippen molar-refractivity contribution in [2.75, 3.05) is 12.3 Å². The molecule has 0 amide bonds. The highest BCUT2D eigenvalue weighted by atomic mass is 32.2. The SMILES string of the molecule is C=CCC1(C=O)NCCCS1. The van der Waals surface area contributed by atoms with E-state index in [0.717, 1.165) is 31.4 Å². The summed E-state index contributed by atoms with van der Waals surface area (Å²) >= 11 is 1.68. The molecule has 0 aliphatic carbocycles. The summed E-state index contributed by atoms with van der Waals surface area (Å²) in [5.41, 5.74) is 0. The largest absolute Gasteiger partial charge is 0.300 e. The molecule has 1 atom stereocenters. The van der Waals surface area contributed by atoms with E-state index in [4.69, 9.17) is 0 Å². The molecule has 1 saturated heterocycles. The Hall–Kier alpha value is -0.280. The number of hydrogen-bond acceptors (Lipinski definition) is 3. The smallest absolute Gasteiger partial charge is 0.150 e. The number of hydrogen-bond donors (Lipinski definition) is 1. The highest BCUT2D eigenvalue weighted by Crippen LogP contribution is 2.28. The van der Waals surface area contributed by atoms with Crippen molar-refractivity contribution in [2.24, 2.45) is 0 Å². The zero-order valence-corrected chi connectivity index (χ0v) is 7.32. The zero-order chi connectivity index (χ0) is 8.16. The van der Waals surface area contributed by atoms with Crippen molar-refractivity contribution in [3.8, 4) is 0 Å². The molecule has 2 nitrogen and oxygen atoms in total. The highest BCUT2D eigenvalue weighted by molar-refractivity contribution is 8.01. The van der Waals surface area contributed by atoms with Crippen molar-refractivity contribution in [1.82, 2.24) is 5.32 Å². The summed E-state index contributed by atoms with van der Waals surface area (Å²) in [6, 6.07) is 0. The molecule has 62 valence electrons. The van der Waals surface area contributed by atoms with Crippen LogP contribution in [0.15, 0.2) is 12.7 Å². The quantitative estimate of drug-likeness (QED) is 0.511. The maximum Gasteiger partial charge on any atom is 0.150 e. The van der Waals surface area contributed by atoms with Crippen molar-refractivity contribution in [3.63, 3.8) is 0 Å². The Morgan fingerprint density at radius 3 is 3.00 bits per heavy atom. The van der Waals surface area contributed by atoms with Crippen LogP contribution in [0.1, 0.15) is 12.8 Å². The summed E-state index contributed by atoms with van der Waals surface area (Å²) in [4.78, 5) is 10.4. The van der Waals surface area contributed by atoms with Gasteiger partial charge in [-0.3, -0.25) is 5.32 Å². The normalized spacial score (nSPS) is 31.3. The van der Waals surface area contributed by atoms with Crippen LogP contribution in [0.5, 0.6) is 0 Å². The van der Waals surface area contributed by atoms with Gasteiger partial charge in [-0.05, 0) is 25.1 Å². The monoisotopic (exact) mass is 171 g/mol. The second kappa shape index (κ2) is 3.93. The van der Waals surface area contributed by atoms with Gasteiger partial charge in [0.15, 0.2) is 6.29 Å². The third kappa shape index (κ3) is 2.07. The Balaban J connectivity index is 2.56. The summed E-state index contributed by atoms with van der Waals surface area (Å²) < 4.78 is 0. The van der Waals surface area contributed by atoms with Gasteiger partial charge in [-0.15, -0.1) is 18.3 Å². The maximum absolute atomic E-state index is 10.7. The standard InChI is InChI=1S/C8H13NOS/c1-2-4-8(7-10)9-5-3-6-11-8/h2,7,9H,1,3-6H2. The van der Waals surface area contributed by atoms with E-state index in [2.05, 4.69) is 11.9 Å². The first-order valence-electron chi connectivity index (χ1n) is 3.79. The molecule has 0 aromatic heterocycles. The number of aldehydes is 1. The Morgan fingerprint density at radius 1 is 1.73 bits per heavy atom. The maximum atomic E-state index is 10.7. The van der Waals surface area contributed by atoms with Crippen LogP contribution < -0.4 is 5.32 Å². The lowest BCUT2D eigenvalue weighted by Gasteiger charge is -2.31. The molecule has 1 unspecified atom stereocenters. The average Bonchev–Trinajstić information content (AvgIpc) is 2.07. The summed E-state index contributed by atoms with van der Waals surface area (Å²) in [5.74, 6) is 1.07. The van der Waals surface area contributed by atoms with Crippen molar-refractivity contribution >= 4 is 18.0 Å². The van der Waals surface area contributed by atoms with Crippen molar-refractivity contribution in [3.05, 3.63) is 12.7 Å². The molecule has 1 aliphatic rings. The van der Waals surface area contributed by atoms with E-state index in [1.54, 1.807) is 17.8 Å². The van der Waals surface area contributed by atoms with Gasteiger partial charge >= 0.3 is 0 Å². The van der Waals surface area contributed by atoms with Crippen molar-refractivity contribution in [1.29, 1.82) is 0 Å². The molecule has 1 aliphatic heterocycles. The number of carbonyl (C=O) groups is 1. The molecule has 0 aromatic carbocycles. The molecule has 11 heavy (non-hydrogen) atoms. The predicted octanol–water partition coefficient (Wildman–Crippen LogP) is 1.18.